The van der Waals surface area contributed by atoms with Crippen LogP contribution in [0.15, 0.2) is 29.4 Å². The standard InChI is InChI=1S/C21H27N9O2S/c1-4-23-18-25-19(24-5-2)30-20(26-18)27-28-21(30)33-14-17(31)29(13-7-12-22)15-8-10-16(11-9-15)32-6-3/h8-11H,4-7,13-14H2,1-3H3,(H2,23,24,25,26,27). The molecule has 0 saturated carbocycles. The number of hydrogen-bond donors (Lipinski definition) is 2. The fourth-order valence-electron chi connectivity index (χ4n) is 3.05. The van der Waals surface area contributed by atoms with E-state index in [-0.39, 0.29) is 18.1 Å². The van der Waals surface area contributed by atoms with E-state index in [9.17, 15) is 4.79 Å². The molecule has 0 aliphatic carbocycles. The molecule has 11 nitrogen and oxygen atoms in total. The second-order valence-electron chi connectivity index (χ2n) is 6.72. The molecule has 0 atom stereocenters. The lowest BCUT2D eigenvalue weighted by Crippen LogP contribution is -2.33. The number of benzene rings is 1. The Kier molecular flexibility index (Phi) is 8.65. The van der Waals surface area contributed by atoms with E-state index < -0.39 is 0 Å². The molecule has 0 aliphatic rings. The van der Waals surface area contributed by atoms with Gasteiger partial charge in [-0.15, -0.1) is 10.2 Å². The summed E-state index contributed by atoms with van der Waals surface area (Å²) in [4.78, 5) is 23.5. The Balaban J connectivity index is 1.80. The topological polar surface area (TPSA) is 133 Å². The van der Waals surface area contributed by atoms with Gasteiger partial charge in [-0.2, -0.15) is 15.2 Å². The average Bonchev–Trinajstić information content (AvgIpc) is 3.23. The van der Waals surface area contributed by atoms with Gasteiger partial charge in [0.25, 0.3) is 5.78 Å². The van der Waals surface area contributed by atoms with Gasteiger partial charge in [-0.25, -0.2) is 4.40 Å². The van der Waals surface area contributed by atoms with Crippen LogP contribution in [0.25, 0.3) is 5.78 Å². The number of anilines is 3. The first-order chi connectivity index (χ1) is 16.1. The number of nitrogens with zero attached hydrogens (tertiary/aromatic N) is 7. The van der Waals surface area contributed by atoms with Crippen LogP contribution < -0.4 is 20.3 Å². The summed E-state index contributed by atoms with van der Waals surface area (Å²) < 4.78 is 7.17. The van der Waals surface area contributed by atoms with E-state index in [0.717, 1.165) is 5.75 Å². The van der Waals surface area contributed by atoms with Crippen LogP contribution in [0.3, 0.4) is 0 Å². The molecule has 0 radical (unpaired) electrons. The largest absolute Gasteiger partial charge is 0.494 e. The number of rotatable bonds is 12. The molecule has 2 aromatic heterocycles. The second-order valence-corrected chi connectivity index (χ2v) is 7.66. The Labute approximate surface area is 196 Å². The molecule has 3 aromatic rings. The van der Waals surface area contributed by atoms with Crippen LogP contribution in [0.4, 0.5) is 17.6 Å². The highest BCUT2D eigenvalue weighted by Gasteiger charge is 2.20. The van der Waals surface area contributed by atoms with E-state index in [0.29, 0.717) is 54.8 Å². The van der Waals surface area contributed by atoms with Crippen molar-refractivity contribution in [3.8, 4) is 11.8 Å². The van der Waals surface area contributed by atoms with Crippen molar-refractivity contribution in [2.45, 2.75) is 32.3 Å². The first kappa shape index (κ1) is 24.1. The molecular formula is C21H27N9O2S. The van der Waals surface area contributed by atoms with Gasteiger partial charge < -0.3 is 20.3 Å². The lowest BCUT2D eigenvalue weighted by molar-refractivity contribution is -0.116. The SMILES string of the molecule is CCNc1nc(NCC)n2c(SCC(=O)N(CCC#N)c3ccc(OCC)cc3)nnc2n1. The van der Waals surface area contributed by atoms with E-state index in [1.807, 2.05) is 45.0 Å². The molecular weight excluding hydrogens is 442 g/mol. The number of thioether (sulfide) groups is 1. The first-order valence-corrected chi connectivity index (χ1v) is 11.7. The summed E-state index contributed by atoms with van der Waals surface area (Å²) in [6.07, 6.45) is 0.225. The second kappa shape index (κ2) is 11.9. The lowest BCUT2D eigenvalue weighted by Gasteiger charge is -2.22. The highest BCUT2D eigenvalue weighted by molar-refractivity contribution is 7.99. The maximum absolute atomic E-state index is 13.1. The number of nitriles is 1. The quantitative estimate of drug-likeness (QED) is 0.381. The van der Waals surface area contributed by atoms with Gasteiger partial charge in [-0.1, -0.05) is 11.8 Å². The van der Waals surface area contributed by atoms with E-state index in [1.54, 1.807) is 9.30 Å². The molecule has 0 fully saturated rings. The van der Waals surface area contributed by atoms with Gasteiger partial charge in [0.2, 0.25) is 17.8 Å². The number of carbonyl (C=O) groups is 1. The fraction of sp³-hybridized carbons (Fsp3) is 0.429. The van der Waals surface area contributed by atoms with Crippen molar-refractivity contribution >= 4 is 41.0 Å². The molecule has 3 rings (SSSR count). The number of ether oxygens (including phenoxy) is 1. The minimum Gasteiger partial charge on any atom is -0.494 e. The molecule has 2 N–H and O–H groups in total. The summed E-state index contributed by atoms with van der Waals surface area (Å²) in [5.74, 6) is 2.09. The third kappa shape index (κ3) is 6.01. The zero-order valence-corrected chi connectivity index (χ0v) is 19.7. The smallest absolute Gasteiger partial charge is 0.261 e. The van der Waals surface area contributed by atoms with Crippen molar-refractivity contribution < 1.29 is 9.53 Å². The van der Waals surface area contributed by atoms with Crippen molar-refractivity contribution in [2.75, 3.05) is 47.5 Å². The van der Waals surface area contributed by atoms with Crippen molar-refractivity contribution in [3.05, 3.63) is 24.3 Å². The molecule has 0 unspecified atom stereocenters. The maximum atomic E-state index is 13.1. The Morgan fingerprint density at radius 2 is 1.91 bits per heavy atom. The number of nitrogens with one attached hydrogen (secondary N) is 2. The van der Waals surface area contributed by atoms with Crippen molar-refractivity contribution in [3.63, 3.8) is 0 Å². The van der Waals surface area contributed by atoms with Crippen LogP contribution in [-0.4, -0.2) is 62.5 Å². The molecule has 33 heavy (non-hydrogen) atoms. The maximum Gasteiger partial charge on any atom is 0.261 e. The summed E-state index contributed by atoms with van der Waals surface area (Å²) in [5.41, 5.74) is 0.706. The third-order valence-corrected chi connectivity index (χ3v) is 5.36. The molecule has 0 bridgehead atoms. The van der Waals surface area contributed by atoms with Gasteiger partial charge in [0, 0.05) is 25.3 Å². The predicted molar refractivity (Wildman–Crippen MR) is 128 cm³/mol. The van der Waals surface area contributed by atoms with Crippen molar-refractivity contribution in [1.82, 2.24) is 24.6 Å². The number of aromatic nitrogens is 5. The normalized spacial score (nSPS) is 10.6. The fourth-order valence-corrected chi connectivity index (χ4v) is 3.85. The van der Waals surface area contributed by atoms with E-state index >= 15 is 0 Å². The summed E-state index contributed by atoms with van der Waals surface area (Å²) in [6.45, 7) is 8.02. The average molecular weight is 470 g/mol. The van der Waals surface area contributed by atoms with Crippen molar-refractivity contribution in [1.29, 1.82) is 5.26 Å². The van der Waals surface area contributed by atoms with Crippen molar-refractivity contribution in [2.24, 2.45) is 0 Å². The number of amides is 1. The molecule has 174 valence electrons. The molecule has 1 aromatic carbocycles. The highest BCUT2D eigenvalue weighted by Crippen LogP contribution is 2.24. The van der Waals surface area contributed by atoms with Crippen LogP contribution in [0, 0.1) is 11.3 Å². The Hall–Kier alpha value is -3.59. The Morgan fingerprint density at radius 3 is 2.58 bits per heavy atom. The molecule has 12 heteroatoms. The first-order valence-electron chi connectivity index (χ1n) is 10.7. The summed E-state index contributed by atoms with van der Waals surface area (Å²) in [6, 6.07) is 9.36. The number of hydrogen-bond acceptors (Lipinski definition) is 10. The van der Waals surface area contributed by atoms with Gasteiger partial charge in [-0.05, 0) is 45.0 Å². The van der Waals surface area contributed by atoms with Gasteiger partial charge in [0.15, 0.2) is 5.16 Å². The number of carbonyl (C=O) groups excluding carboxylic acids is 1. The Morgan fingerprint density at radius 1 is 1.15 bits per heavy atom. The monoisotopic (exact) mass is 469 g/mol. The van der Waals surface area contributed by atoms with Gasteiger partial charge >= 0.3 is 0 Å². The summed E-state index contributed by atoms with van der Waals surface area (Å²) in [5, 5.41) is 24.2. The van der Waals surface area contributed by atoms with Gasteiger partial charge in [-0.3, -0.25) is 4.79 Å². The minimum absolute atomic E-state index is 0.111. The summed E-state index contributed by atoms with van der Waals surface area (Å²) in [7, 11) is 0. The molecule has 2 heterocycles. The molecule has 0 spiro atoms. The van der Waals surface area contributed by atoms with E-state index in [1.165, 1.54) is 11.8 Å². The van der Waals surface area contributed by atoms with E-state index in [4.69, 9.17) is 10.00 Å². The third-order valence-electron chi connectivity index (χ3n) is 4.45. The molecule has 0 aliphatic heterocycles. The van der Waals surface area contributed by atoms with Crippen LogP contribution >= 0.6 is 11.8 Å². The zero-order chi connectivity index (χ0) is 23.6. The minimum atomic E-state index is -0.147. The van der Waals surface area contributed by atoms with Crippen LogP contribution in [0.2, 0.25) is 0 Å². The Bertz CT molecular complexity index is 1110. The lowest BCUT2D eigenvalue weighted by atomic mass is 10.2. The van der Waals surface area contributed by atoms with Crippen LogP contribution in [-0.2, 0) is 4.79 Å². The van der Waals surface area contributed by atoms with Gasteiger partial charge in [0.05, 0.1) is 24.8 Å². The molecule has 0 saturated heterocycles. The van der Waals surface area contributed by atoms with Crippen LogP contribution in [0.5, 0.6) is 5.75 Å². The zero-order valence-electron chi connectivity index (χ0n) is 18.9. The van der Waals surface area contributed by atoms with Crippen LogP contribution in [0.1, 0.15) is 27.2 Å². The van der Waals surface area contributed by atoms with E-state index in [2.05, 4.69) is 36.9 Å². The predicted octanol–water partition coefficient (Wildman–Crippen LogP) is 2.82. The summed E-state index contributed by atoms with van der Waals surface area (Å²) >= 11 is 1.24. The van der Waals surface area contributed by atoms with Gasteiger partial charge in [0.1, 0.15) is 5.75 Å². The highest BCUT2D eigenvalue weighted by atomic mass is 32.2. The number of fused-ring (bicyclic) bond motifs is 1. The molecule has 1 amide bonds.